The first-order valence-corrected chi connectivity index (χ1v) is 10.3. The van der Waals surface area contributed by atoms with Crippen LogP contribution in [0, 0.1) is 0 Å². The molecule has 0 spiro atoms. The molecule has 5 aromatic rings. The highest BCUT2D eigenvalue weighted by molar-refractivity contribution is 6.11. The Morgan fingerprint density at radius 3 is 2.24 bits per heavy atom. The number of anilines is 1. The lowest BCUT2D eigenvalue weighted by atomic mass is 10.00. The molecule has 1 heterocycles. The summed E-state index contributed by atoms with van der Waals surface area (Å²) in [6, 6.07) is 28.4. The molecule has 6 heteroatoms. The predicted octanol–water partition coefficient (Wildman–Crippen LogP) is 7.52. The van der Waals surface area contributed by atoms with Gasteiger partial charge in [0.2, 0.25) is 0 Å². The van der Waals surface area contributed by atoms with E-state index in [2.05, 4.69) is 10.5 Å². The molecule has 3 nitrogen and oxygen atoms in total. The molecule has 1 N–H and O–H groups in total. The predicted molar refractivity (Wildman–Crippen MR) is 127 cm³/mol. The second kappa shape index (κ2) is 8.39. The number of pyridine rings is 1. The third-order valence-electron chi connectivity index (χ3n) is 5.42. The molecule has 0 aliphatic rings. The van der Waals surface area contributed by atoms with Crippen molar-refractivity contribution in [1.82, 2.24) is 4.98 Å². The zero-order valence-corrected chi connectivity index (χ0v) is 17.3. The third kappa shape index (κ3) is 4.28. The van der Waals surface area contributed by atoms with Gasteiger partial charge in [-0.1, -0.05) is 66.7 Å². The summed E-state index contributed by atoms with van der Waals surface area (Å²) in [5.41, 5.74) is 5.92. The highest BCUT2D eigenvalue weighted by Crippen LogP contribution is 2.33. The largest absolute Gasteiger partial charge is 0.416 e. The van der Waals surface area contributed by atoms with E-state index in [4.69, 9.17) is 4.98 Å². The summed E-state index contributed by atoms with van der Waals surface area (Å²) in [7, 11) is 0. The molecule has 0 aliphatic carbocycles. The highest BCUT2D eigenvalue weighted by Gasteiger charge is 2.30. The van der Waals surface area contributed by atoms with Crippen molar-refractivity contribution in [1.29, 1.82) is 0 Å². The molecule has 1 aromatic heterocycles. The van der Waals surface area contributed by atoms with Crippen LogP contribution in [0.5, 0.6) is 0 Å². The van der Waals surface area contributed by atoms with Crippen molar-refractivity contribution in [2.24, 2.45) is 5.10 Å². The first kappa shape index (κ1) is 20.7. The number of rotatable bonds is 4. The van der Waals surface area contributed by atoms with Crippen LogP contribution in [0.3, 0.4) is 0 Å². The van der Waals surface area contributed by atoms with Crippen molar-refractivity contribution in [3.8, 4) is 11.3 Å². The van der Waals surface area contributed by atoms with Gasteiger partial charge in [0.25, 0.3) is 0 Å². The molecular formula is C27H18F3N3. The maximum atomic E-state index is 13.0. The number of halogens is 3. The quantitative estimate of drug-likeness (QED) is 0.178. The van der Waals surface area contributed by atoms with Crippen LogP contribution in [0.4, 0.5) is 18.9 Å². The third-order valence-corrected chi connectivity index (χ3v) is 5.42. The zero-order chi connectivity index (χ0) is 22.8. The van der Waals surface area contributed by atoms with Gasteiger partial charge in [-0.05, 0) is 35.7 Å². The van der Waals surface area contributed by atoms with Crippen LogP contribution in [0.1, 0.15) is 11.1 Å². The van der Waals surface area contributed by atoms with Gasteiger partial charge in [-0.15, -0.1) is 0 Å². The normalized spacial score (nSPS) is 12.0. The number of nitrogens with one attached hydrogen (secondary N) is 1. The van der Waals surface area contributed by atoms with Gasteiger partial charge in [-0.25, -0.2) is 4.98 Å². The van der Waals surface area contributed by atoms with E-state index < -0.39 is 11.7 Å². The molecule has 5 rings (SSSR count). The highest BCUT2D eigenvalue weighted by atomic mass is 19.4. The van der Waals surface area contributed by atoms with E-state index in [1.165, 1.54) is 12.1 Å². The van der Waals surface area contributed by atoms with E-state index in [0.29, 0.717) is 11.3 Å². The number of aromatic nitrogens is 1. The molecule has 0 saturated heterocycles. The summed E-state index contributed by atoms with van der Waals surface area (Å²) < 4.78 is 39.0. The number of fused-ring (bicyclic) bond motifs is 3. The fourth-order valence-electron chi connectivity index (χ4n) is 3.76. The van der Waals surface area contributed by atoms with Gasteiger partial charge < -0.3 is 0 Å². The topological polar surface area (TPSA) is 37.3 Å². The monoisotopic (exact) mass is 441 g/mol. The summed E-state index contributed by atoms with van der Waals surface area (Å²) in [6.07, 6.45) is -2.67. The molecule has 0 bridgehead atoms. The molecular weight excluding hydrogens is 423 g/mol. The van der Waals surface area contributed by atoms with Crippen LogP contribution in [-0.2, 0) is 6.18 Å². The summed E-state index contributed by atoms with van der Waals surface area (Å²) in [4.78, 5) is 4.83. The van der Waals surface area contributed by atoms with E-state index in [1.807, 2.05) is 72.8 Å². The minimum atomic E-state index is -4.38. The standard InChI is InChI=1S/C27H18F3N3/c28-27(29,30)21-13-10-19(11-14-21)25-16-20(17-31-33-22-7-2-1-3-8-22)24-15-12-18-6-4-5-9-23(18)26(24)32-25/h1-17,33H/b31-17+. The summed E-state index contributed by atoms with van der Waals surface area (Å²) in [6.45, 7) is 0. The van der Waals surface area contributed by atoms with Crippen molar-refractivity contribution in [3.05, 3.63) is 108 Å². The fourth-order valence-corrected chi connectivity index (χ4v) is 3.76. The minimum absolute atomic E-state index is 0.578. The van der Waals surface area contributed by atoms with Crippen LogP contribution < -0.4 is 5.43 Å². The smallest absolute Gasteiger partial charge is 0.279 e. The number of para-hydroxylation sites is 1. The lowest BCUT2D eigenvalue weighted by molar-refractivity contribution is -0.137. The van der Waals surface area contributed by atoms with E-state index >= 15 is 0 Å². The van der Waals surface area contributed by atoms with Gasteiger partial charge in [0.1, 0.15) is 0 Å². The number of hydrogen-bond acceptors (Lipinski definition) is 3. The summed E-state index contributed by atoms with van der Waals surface area (Å²) in [5.74, 6) is 0. The SMILES string of the molecule is FC(F)(F)c1ccc(-c2cc(/C=N/Nc3ccccc3)c3ccc4ccccc4c3n2)cc1. The van der Waals surface area contributed by atoms with Crippen LogP contribution in [0.2, 0.25) is 0 Å². The Labute approximate surface area is 188 Å². The van der Waals surface area contributed by atoms with Crippen LogP contribution in [0.15, 0.2) is 102 Å². The van der Waals surface area contributed by atoms with Gasteiger partial charge in [-0.3, -0.25) is 5.43 Å². The Hall–Kier alpha value is -4.19. The van der Waals surface area contributed by atoms with Gasteiger partial charge in [0, 0.05) is 21.9 Å². The number of hydrogen-bond donors (Lipinski definition) is 1. The van der Waals surface area contributed by atoms with Crippen LogP contribution >= 0.6 is 0 Å². The van der Waals surface area contributed by atoms with Crippen molar-refractivity contribution in [2.45, 2.75) is 6.18 Å². The first-order valence-electron chi connectivity index (χ1n) is 10.3. The average molecular weight is 441 g/mol. The van der Waals surface area contributed by atoms with Gasteiger partial charge in [0.15, 0.2) is 0 Å². The van der Waals surface area contributed by atoms with E-state index in [0.717, 1.165) is 45.1 Å². The Kier molecular flexibility index (Phi) is 5.26. The van der Waals surface area contributed by atoms with Gasteiger partial charge >= 0.3 is 6.18 Å². The molecule has 0 atom stereocenters. The van der Waals surface area contributed by atoms with Crippen LogP contribution in [0.25, 0.3) is 32.9 Å². The molecule has 4 aromatic carbocycles. The van der Waals surface area contributed by atoms with E-state index in [1.54, 1.807) is 6.21 Å². The Bertz CT molecular complexity index is 1460. The van der Waals surface area contributed by atoms with Gasteiger partial charge in [-0.2, -0.15) is 18.3 Å². The lowest BCUT2D eigenvalue weighted by Crippen LogP contribution is -2.04. The fraction of sp³-hybridized carbons (Fsp3) is 0.0370. The second-order valence-corrected chi connectivity index (χ2v) is 7.59. The maximum absolute atomic E-state index is 13.0. The zero-order valence-electron chi connectivity index (χ0n) is 17.3. The number of nitrogens with zero attached hydrogens (tertiary/aromatic N) is 2. The van der Waals surface area contributed by atoms with Crippen molar-refractivity contribution in [2.75, 3.05) is 5.43 Å². The van der Waals surface area contributed by atoms with Crippen molar-refractivity contribution >= 4 is 33.6 Å². The van der Waals surface area contributed by atoms with Crippen LogP contribution in [-0.4, -0.2) is 11.2 Å². The Morgan fingerprint density at radius 1 is 0.758 bits per heavy atom. The number of benzene rings is 4. The first-order chi connectivity index (χ1) is 16.0. The Balaban J connectivity index is 1.64. The number of alkyl halides is 3. The molecule has 0 fully saturated rings. The average Bonchev–Trinajstić information content (AvgIpc) is 2.84. The summed E-state index contributed by atoms with van der Waals surface area (Å²) >= 11 is 0. The van der Waals surface area contributed by atoms with E-state index in [-0.39, 0.29) is 0 Å². The molecule has 0 radical (unpaired) electrons. The van der Waals surface area contributed by atoms with Gasteiger partial charge in [0.05, 0.1) is 28.7 Å². The summed E-state index contributed by atoms with van der Waals surface area (Å²) in [5, 5.41) is 7.28. The molecule has 0 saturated carbocycles. The lowest BCUT2D eigenvalue weighted by Gasteiger charge is -2.11. The second-order valence-electron chi connectivity index (χ2n) is 7.59. The molecule has 0 unspecified atom stereocenters. The minimum Gasteiger partial charge on any atom is -0.279 e. The van der Waals surface area contributed by atoms with Crippen molar-refractivity contribution < 1.29 is 13.2 Å². The molecule has 162 valence electrons. The molecule has 0 aliphatic heterocycles. The Morgan fingerprint density at radius 2 is 1.48 bits per heavy atom. The number of hydrazone groups is 1. The maximum Gasteiger partial charge on any atom is 0.416 e. The van der Waals surface area contributed by atoms with Crippen molar-refractivity contribution in [3.63, 3.8) is 0 Å². The molecule has 0 amide bonds. The molecule has 33 heavy (non-hydrogen) atoms. The van der Waals surface area contributed by atoms with E-state index in [9.17, 15) is 13.2 Å².